The number of carbonyl (C=O) groups excluding carboxylic acids is 4. The molecule has 5 amide bonds. The van der Waals surface area contributed by atoms with E-state index in [1.807, 2.05) is 24.3 Å². The van der Waals surface area contributed by atoms with Gasteiger partial charge in [-0.15, -0.1) is 0 Å². The zero-order valence-electron chi connectivity index (χ0n) is 22.1. The first-order chi connectivity index (χ1) is 18.4. The van der Waals surface area contributed by atoms with Gasteiger partial charge in [-0.05, 0) is 52.1 Å². The standard InChI is InChI=1S/C27H38N6O5/c1-16(28-2)24(34)31-21-15-32(27(37)29-17-7-8-17)13-11-18-9-10-22(33(18)26(21)36)25(35)30-20-12-14-38-23-6-4-3-5-19(20)23/h3-6,16-18,20-22,28H,7-15H2,1-2H3,(H,29,37)(H,30,35)(H,31,34)/t16-,18+,20+,21?,22-/m0/s1. The van der Waals surface area contributed by atoms with Crippen LogP contribution in [0.1, 0.15) is 57.1 Å². The number of nitrogens with one attached hydrogen (secondary N) is 4. The van der Waals surface area contributed by atoms with Crippen LogP contribution >= 0.6 is 0 Å². The van der Waals surface area contributed by atoms with Gasteiger partial charge in [-0.3, -0.25) is 14.4 Å². The van der Waals surface area contributed by atoms with Crippen LogP contribution in [-0.4, -0.2) is 90.5 Å². The van der Waals surface area contributed by atoms with Gasteiger partial charge >= 0.3 is 6.03 Å². The van der Waals surface area contributed by atoms with Gasteiger partial charge in [-0.25, -0.2) is 4.79 Å². The fraction of sp³-hybridized carbons (Fsp3) is 0.630. The monoisotopic (exact) mass is 526 g/mol. The predicted molar refractivity (Wildman–Crippen MR) is 139 cm³/mol. The van der Waals surface area contributed by atoms with Gasteiger partial charge in [0.25, 0.3) is 0 Å². The quantitative estimate of drug-likeness (QED) is 0.431. The van der Waals surface area contributed by atoms with E-state index in [4.69, 9.17) is 4.74 Å². The fourth-order valence-corrected chi connectivity index (χ4v) is 5.61. The van der Waals surface area contributed by atoms with E-state index >= 15 is 0 Å². The minimum absolute atomic E-state index is 0.0600. The number of fused-ring (bicyclic) bond motifs is 2. The van der Waals surface area contributed by atoms with Crippen molar-refractivity contribution < 1.29 is 23.9 Å². The van der Waals surface area contributed by atoms with E-state index in [1.165, 1.54) is 0 Å². The molecule has 5 rings (SSSR count). The molecule has 3 aliphatic heterocycles. The molecular formula is C27H38N6O5. The van der Waals surface area contributed by atoms with Crippen molar-refractivity contribution in [2.45, 2.75) is 81.7 Å². The van der Waals surface area contributed by atoms with Crippen molar-refractivity contribution in [3.63, 3.8) is 0 Å². The highest BCUT2D eigenvalue weighted by Crippen LogP contribution is 2.34. The number of hydrogen-bond donors (Lipinski definition) is 4. The summed E-state index contributed by atoms with van der Waals surface area (Å²) in [5, 5.41) is 11.9. The van der Waals surface area contributed by atoms with Crippen molar-refractivity contribution in [2.24, 2.45) is 0 Å². The molecule has 4 aliphatic rings. The summed E-state index contributed by atoms with van der Waals surface area (Å²) in [6.07, 6.45) is 4.36. The number of hydrogen-bond acceptors (Lipinski definition) is 6. The third-order valence-electron chi connectivity index (χ3n) is 8.10. The second-order valence-corrected chi connectivity index (χ2v) is 10.8. The number of rotatable bonds is 6. The summed E-state index contributed by atoms with van der Waals surface area (Å²) in [5.41, 5.74) is 0.934. The maximum Gasteiger partial charge on any atom is 0.317 e. The van der Waals surface area contributed by atoms with E-state index in [0.717, 1.165) is 24.2 Å². The normalized spacial score (nSPS) is 27.7. The lowest BCUT2D eigenvalue weighted by atomic mass is 10.00. The van der Waals surface area contributed by atoms with Crippen LogP contribution in [0.2, 0.25) is 0 Å². The van der Waals surface area contributed by atoms with Gasteiger partial charge in [-0.2, -0.15) is 0 Å². The Morgan fingerprint density at radius 3 is 2.53 bits per heavy atom. The number of ether oxygens (including phenoxy) is 1. The number of nitrogens with zero attached hydrogens (tertiary/aromatic N) is 2. The molecule has 1 aliphatic carbocycles. The Labute approximate surface area is 223 Å². The molecule has 1 aromatic carbocycles. The zero-order valence-corrected chi connectivity index (χ0v) is 22.1. The van der Waals surface area contributed by atoms with E-state index in [-0.39, 0.29) is 48.4 Å². The lowest BCUT2D eigenvalue weighted by Crippen LogP contribution is -2.63. The maximum atomic E-state index is 14.0. The number of carbonyl (C=O) groups is 4. The van der Waals surface area contributed by atoms with Crippen LogP contribution in [0.15, 0.2) is 24.3 Å². The van der Waals surface area contributed by atoms with Crippen molar-refractivity contribution in [2.75, 3.05) is 26.7 Å². The van der Waals surface area contributed by atoms with Crippen LogP contribution < -0.4 is 26.0 Å². The summed E-state index contributed by atoms with van der Waals surface area (Å²) >= 11 is 0. The number of likely N-dealkylation sites (N-methyl/N-ethyl adjacent to an activating group) is 1. The molecule has 4 N–H and O–H groups in total. The Morgan fingerprint density at radius 2 is 1.76 bits per heavy atom. The number of para-hydroxylation sites is 1. The summed E-state index contributed by atoms with van der Waals surface area (Å²) < 4.78 is 5.73. The molecule has 0 bridgehead atoms. The molecule has 3 fully saturated rings. The highest BCUT2D eigenvalue weighted by atomic mass is 16.5. The van der Waals surface area contributed by atoms with E-state index in [2.05, 4.69) is 21.3 Å². The molecule has 1 aromatic rings. The van der Waals surface area contributed by atoms with Gasteiger partial charge in [0.2, 0.25) is 17.7 Å². The van der Waals surface area contributed by atoms with Gasteiger partial charge in [0.05, 0.1) is 25.2 Å². The average molecular weight is 527 g/mol. The Kier molecular flexibility index (Phi) is 7.73. The molecule has 1 unspecified atom stereocenters. The van der Waals surface area contributed by atoms with E-state index < -0.39 is 18.1 Å². The van der Waals surface area contributed by atoms with Crippen LogP contribution in [-0.2, 0) is 14.4 Å². The lowest BCUT2D eigenvalue weighted by Gasteiger charge is -2.39. The molecule has 3 heterocycles. The lowest BCUT2D eigenvalue weighted by molar-refractivity contribution is -0.145. The molecule has 206 valence electrons. The van der Waals surface area contributed by atoms with Crippen LogP contribution in [0.25, 0.3) is 0 Å². The summed E-state index contributed by atoms with van der Waals surface area (Å²) in [6.45, 7) is 2.72. The van der Waals surface area contributed by atoms with Crippen LogP contribution in [0.4, 0.5) is 4.79 Å². The number of urea groups is 1. The smallest absolute Gasteiger partial charge is 0.317 e. The van der Waals surface area contributed by atoms with Gasteiger partial charge in [0.1, 0.15) is 17.8 Å². The van der Waals surface area contributed by atoms with Crippen LogP contribution in [0.5, 0.6) is 5.75 Å². The van der Waals surface area contributed by atoms with E-state index in [0.29, 0.717) is 38.8 Å². The van der Waals surface area contributed by atoms with Gasteiger partial charge < -0.3 is 35.8 Å². The third-order valence-corrected chi connectivity index (χ3v) is 8.10. The van der Waals surface area contributed by atoms with Gasteiger partial charge in [0, 0.05) is 30.6 Å². The van der Waals surface area contributed by atoms with Crippen molar-refractivity contribution in [3.05, 3.63) is 29.8 Å². The van der Waals surface area contributed by atoms with Crippen LogP contribution in [0, 0.1) is 0 Å². The Morgan fingerprint density at radius 1 is 0.974 bits per heavy atom. The van der Waals surface area contributed by atoms with Gasteiger partial charge in [-0.1, -0.05) is 18.2 Å². The van der Waals surface area contributed by atoms with Crippen LogP contribution in [0.3, 0.4) is 0 Å². The van der Waals surface area contributed by atoms with Crippen molar-refractivity contribution in [1.82, 2.24) is 31.1 Å². The fourth-order valence-electron chi connectivity index (χ4n) is 5.61. The second-order valence-electron chi connectivity index (χ2n) is 10.8. The van der Waals surface area contributed by atoms with Crippen molar-refractivity contribution in [1.29, 1.82) is 0 Å². The summed E-state index contributed by atoms with van der Waals surface area (Å²) in [5.74, 6) is -0.0769. The minimum atomic E-state index is -0.941. The molecule has 1 saturated carbocycles. The molecule has 0 aromatic heterocycles. The molecule has 38 heavy (non-hydrogen) atoms. The molecular weight excluding hydrogens is 488 g/mol. The van der Waals surface area contributed by atoms with Crippen molar-refractivity contribution in [3.8, 4) is 5.75 Å². The predicted octanol–water partition coefficient (Wildman–Crippen LogP) is 0.656. The number of benzene rings is 1. The molecule has 11 nitrogen and oxygen atoms in total. The summed E-state index contributed by atoms with van der Waals surface area (Å²) in [4.78, 5) is 56.6. The largest absolute Gasteiger partial charge is 0.493 e. The molecule has 0 spiro atoms. The second kappa shape index (κ2) is 11.2. The maximum absolute atomic E-state index is 14.0. The summed E-state index contributed by atoms with van der Waals surface area (Å²) in [6, 6.07) is 5.20. The Balaban J connectivity index is 1.34. The highest BCUT2D eigenvalue weighted by molar-refractivity contribution is 5.94. The first kappa shape index (κ1) is 26.3. The molecule has 0 radical (unpaired) electrons. The summed E-state index contributed by atoms with van der Waals surface area (Å²) in [7, 11) is 1.67. The number of amides is 5. The van der Waals surface area contributed by atoms with E-state index in [1.54, 1.807) is 23.8 Å². The Bertz CT molecular complexity index is 1080. The van der Waals surface area contributed by atoms with E-state index in [9.17, 15) is 19.2 Å². The molecule has 5 atom stereocenters. The Hall–Kier alpha value is -3.34. The zero-order chi connectivity index (χ0) is 26.8. The van der Waals surface area contributed by atoms with Gasteiger partial charge in [0.15, 0.2) is 0 Å². The SMILES string of the molecule is CN[C@@H](C)C(=O)NC1CN(C(=O)NC2CC2)CC[C@H]2CC[C@@H](C(=O)N[C@@H]3CCOc4ccccc43)N2C1=O. The molecule has 11 heteroatoms. The molecule has 2 saturated heterocycles. The minimum Gasteiger partial charge on any atom is -0.493 e. The first-order valence-corrected chi connectivity index (χ1v) is 13.7. The highest BCUT2D eigenvalue weighted by Gasteiger charge is 2.46. The average Bonchev–Trinajstić information content (AvgIpc) is 3.63. The third kappa shape index (κ3) is 5.57. The topological polar surface area (TPSA) is 132 Å². The van der Waals surface area contributed by atoms with Crippen molar-refractivity contribution >= 4 is 23.8 Å². The first-order valence-electron chi connectivity index (χ1n) is 13.7.